The van der Waals surface area contributed by atoms with E-state index < -0.39 is 0 Å². The Labute approximate surface area is 198 Å². The number of furan rings is 1. The zero-order valence-corrected chi connectivity index (χ0v) is 20.1. The standard InChI is InChI=1S/C20H25ClN6O2.HI/c1-3-22-20(27(2)11-13-28-16-7-4-6-15(21)14-16)23-10-9-18-24-19(26-25-18)17-8-5-12-29-17;/h4-8,12,14H,3,9-11,13H2,1-2H3,(H,22,23)(H,24,25,26);1H. The number of H-pyrrole nitrogens is 1. The SMILES string of the molecule is CCNC(=NCCc1nc(-c2ccco2)n[nH]1)N(C)CCOc1cccc(Cl)c1.I. The molecule has 0 saturated carbocycles. The molecule has 8 nitrogen and oxygen atoms in total. The zero-order chi connectivity index (χ0) is 20.5. The number of rotatable bonds is 9. The molecule has 2 aromatic heterocycles. The van der Waals surface area contributed by atoms with Gasteiger partial charge in [-0.3, -0.25) is 10.1 Å². The molecule has 10 heteroatoms. The number of nitrogens with one attached hydrogen (secondary N) is 2. The molecule has 0 aliphatic heterocycles. The number of ether oxygens (including phenoxy) is 1. The minimum absolute atomic E-state index is 0. The van der Waals surface area contributed by atoms with E-state index in [1.54, 1.807) is 12.3 Å². The van der Waals surface area contributed by atoms with Crippen molar-refractivity contribution in [2.45, 2.75) is 13.3 Å². The zero-order valence-electron chi connectivity index (χ0n) is 17.0. The second-order valence-corrected chi connectivity index (χ2v) is 6.73. The quantitative estimate of drug-likeness (QED) is 0.242. The van der Waals surface area contributed by atoms with E-state index in [9.17, 15) is 0 Å². The molecular weight excluding hydrogens is 519 g/mol. The van der Waals surface area contributed by atoms with Crippen molar-refractivity contribution in [2.75, 3.05) is 33.3 Å². The molecule has 0 bridgehead atoms. The Morgan fingerprint density at radius 3 is 2.93 bits per heavy atom. The van der Waals surface area contributed by atoms with Gasteiger partial charge in [-0.25, -0.2) is 4.98 Å². The van der Waals surface area contributed by atoms with Crippen molar-refractivity contribution in [1.29, 1.82) is 0 Å². The number of benzene rings is 1. The van der Waals surface area contributed by atoms with E-state index in [1.165, 1.54) is 0 Å². The molecule has 3 rings (SSSR count). The molecule has 0 saturated heterocycles. The van der Waals surface area contributed by atoms with Gasteiger partial charge in [0.25, 0.3) is 0 Å². The fourth-order valence-electron chi connectivity index (χ4n) is 2.62. The van der Waals surface area contributed by atoms with Crippen LogP contribution in [0, 0.1) is 0 Å². The van der Waals surface area contributed by atoms with Gasteiger partial charge in [-0.2, -0.15) is 5.10 Å². The molecule has 0 amide bonds. The number of likely N-dealkylation sites (N-methyl/N-ethyl adjacent to an activating group) is 1. The lowest BCUT2D eigenvalue weighted by atomic mass is 10.3. The third-order valence-electron chi connectivity index (χ3n) is 4.07. The first kappa shape index (κ1) is 24.0. The van der Waals surface area contributed by atoms with Gasteiger partial charge < -0.3 is 19.4 Å². The Morgan fingerprint density at radius 1 is 1.33 bits per heavy atom. The molecule has 30 heavy (non-hydrogen) atoms. The fourth-order valence-corrected chi connectivity index (χ4v) is 2.80. The van der Waals surface area contributed by atoms with Crippen molar-refractivity contribution in [1.82, 2.24) is 25.4 Å². The number of aromatic amines is 1. The third kappa shape index (κ3) is 7.21. The van der Waals surface area contributed by atoms with E-state index >= 15 is 0 Å². The number of guanidine groups is 1. The van der Waals surface area contributed by atoms with Gasteiger partial charge in [0.2, 0.25) is 5.82 Å². The van der Waals surface area contributed by atoms with E-state index in [4.69, 9.17) is 20.8 Å². The second kappa shape index (κ2) is 12.4. The molecule has 0 aliphatic carbocycles. The van der Waals surface area contributed by atoms with E-state index in [2.05, 4.69) is 25.5 Å². The van der Waals surface area contributed by atoms with Crippen LogP contribution in [0.3, 0.4) is 0 Å². The highest BCUT2D eigenvalue weighted by atomic mass is 127. The summed E-state index contributed by atoms with van der Waals surface area (Å²) in [5.74, 6) is 3.53. The number of aliphatic imine (C=N–C) groups is 1. The summed E-state index contributed by atoms with van der Waals surface area (Å²) in [7, 11) is 1.98. The summed E-state index contributed by atoms with van der Waals surface area (Å²) in [6.45, 7) is 4.61. The molecule has 0 aliphatic rings. The lowest BCUT2D eigenvalue weighted by Crippen LogP contribution is -2.41. The minimum Gasteiger partial charge on any atom is -0.492 e. The Balaban J connectivity index is 0.00000320. The molecule has 162 valence electrons. The average molecular weight is 545 g/mol. The lowest BCUT2D eigenvalue weighted by Gasteiger charge is -2.22. The smallest absolute Gasteiger partial charge is 0.216 e. The van der Waals surface area contributed by atoms with E-state index in [1.807, 2.05) is 49.2 Å². The Morgan fingerprint density at radius 2 is 2.20 bits per heavy atom. The summed E-state index contributed by atoms with van der Waals surface area (Å²) in [5, 5.41) is 11.1. The van der Waals surface area contributed by atoms with Crippen molar-refractivity contribution >= 4 is 41.5 Å². The van der Waals surface area contributed by atoms with E-state index in [0.717, 1.165) is 24.1 Å². The van der Waals surface area contributed by atoms with Gasteiger partial charge in [0.05, 0.1) is 12.8 Å². The summed E-state index contributed by atoms with van der Waals surface area (Å²) >= 11 is 5.98. The van der Waals surface area contributed by atoms with Crippen LogP contribution in [0.15, 0.2) is 52.1 Å². The van der Waals surface area contributed by atoms with Crippen molar-refractivity contribution in [3.8, 4) is 17.3 Å². The molecule has 1 aromatic carbocycles. The molecular formula is C20H26ClIN6O2. The molecule has 0 radical (unpaired) electrons. The summed E-state index contributed by atoms with van der Waals surface area (Å²) in [6, 6.07) is 11.0. The van der Waals surface area contributed by atoms with Crippen molar-refractivity contribution in [3.63, 3.8) is 0 Å². The van der Waals surface area contributed by atoms with Crippen LogP contribution >= 0.6 is 35.6 Å². The fraction of sp³-hybridized carbons (Fsp3) is 0.350. The number of hydrogen-bond acceptors (Lipinski definition) is 5. The summed E-state index contributed by atoms with van der Waals surface area (Å²) in [5.41, 5.74) is 0. The highest BCUT2D eigenvalue weighted by Gasteiger charge is 2.09. The van der Waals surface area contributed by atoms with Crippen molar-refractivity contribution in [2.24, 2.45) is 4.99 Å². The largest absolute Gasteiger partial charge is 0.492 e. The van der Waals surface area contributed by atoms with Gasteiger partial charge in [-0.05, 0) is 37.3 Å². The number of hydrogen-bond donors (Lipinski definition) is 2. The number of halogens is 2. The third-order valence-corrected chi connectivity index (χ3v) is 4.31. The van der Waals surface area contributed by atoms with Crippen molar-refractivity contribution in [3.05, 3.63) is 53.5 Å². The predicted molar refractivity (Wildman–Crippen MR) is 129 cm³/mol. The molecule has 2 heterocycles. The summed E-state index contributed by atoms with van der Waals surface area (Å²) in [4.78, 5) is 11.1. The molecule has 0 spiro atoms. The monoisotopic (exact) mass is 544 g/mol. The van der Waals surface area contributed by atoms with Gasteiger partial charge in [0, 0.05) is 31.6 Å². The number of nitrogens with zero attached hydrogens (tertiary/aromatic N) is 4. The first-order chi connectivity index (χ1) is 14.2. The topological polar surface area (TPSA) is 91.6 Å². The Bertz CT molecular complexity index is 916. The minimum atomic E-state index is 0. The maximum Gasteiger partial charge on any atom is 0.216 e. The molecule has 0 atom stereocenters. The highest BCUT2D eigenvalue weighted by Crippen LogP contribution is 2.17. The maximum absolute atomic E-state index is 5.98. The summed E-state index contributed by atoms with van der Waals surface area (Å²) in [6.07, 6.45) is 2.25. The van der Waals surface area contributed by atoms with Crippen LogP contribution < -0.4 is 10.1 Å². The predicted octanol–water partition coefficient (Wildman–Crippen LogP) is 3.85. The summed E-state index contributed by atoms with van der Waals surface area (Å²) < 4.78 is 11.1. The first-order valence-electron chi connectivity index (χ1n) is 9.48. The van der Waals surface area contributed by atoms with E-state index in [0.29, 0.717) is 42.7 Å². The van der Waals surface area contributed by atoms with Crippen LogP contribution in [0.1, 0.15) is 12.7 Å². The van der Waals surface area contributed by atoms with Crippen LogP contribution in [0.25, 0.3) is 11.6 Å². The van der Waals surface area contributed by atoms with E-state index in [-0.39, 0.29) is 24.0 Å². The van der Waals surface area contributed by atoms with Crippen LogP contribution in [0.2, 0.25) is 5.02 Å². The highest BCUT2D eigenvalue weighted by molar-refractivity contribution is 14.0. The van der Waals surface area contributed by atoms with Gasteiger partial charge in [0.1, 0.15) is 18.2 Å². The second-order valence-electron chi connectivity index (χ2n) is 6.30. The van der Waals surface area contributed by atoms with Gasteiger partial charge >= 0.3 is 0 Å². The van der Waals surface area contributed by atoms with Gasteiger partial charge in [-0.1, -0.05) is 17.7 Å². The average Bonchev–Trinajstić information content (AvgIpc) is 3.39. The lowest BCUT2D eigenvalue weighted by molar-refractivity contribution is 0.281. The van der Waals surface area contributed by atoms with Gasteiger partial charge in [0.15, 0.2) is 11.7 Å². The molecule has 0 unspecified atom stereocenters. The Kier molecular flexibility index (Phi) is 9.95. The molecule has 0 fully saturated rings. The van der Waals surface area contributed by atoms with Gasteiger partial charge in [-0.15, -0.1) is 24.0 Å². The normalized spacial score (nSPS) is 11.1. The van der Waals surface area contributed by atoms with Crippen LogP contribution in [-0.4, -0.2) is 59.3 Å². The van der Waals surface area contributed by atoms with Crippen LogP contribution in [0.5, 0.6) is 5.75 Å². The molecule has 3 aromatic rings. The maximum atomic E-state index is 5.98. The first-order valence-corrected chi connectivity index (χ1v) is 9.86. The number of aromatic nitrogens is 3. The van der Waals surface area contributed by atoms with Crippen LogP contribution in [-0.2, 0) is 6.42 Å². The van der Waals surface area contributed by atoms with Crippen molar-refractivity contribution < 1.29 is 9.15 Å². The Hall–Kier alpha value is -2.27. The molecule has 2 N–H and O–H groups in total. The van der Waals surface area contributed by atoms with Crippen LogP contribution in [0.4, 0.5) is 0 Å².